The van der Waals surface area contributed by atoms with Crippen molar-refractivity contribution >= 4 is 37.5 Å². The van der Waals surface area contributed by atoms with E-state index in [1.807, 2.05) is 0 Å². The summed E-state index contributed by atoms with van der Waals surface area (Å²) < 4.78 is 29.5. The van der Waals surface area contributed by atoms with Crippen LogP contribution in [0.25, 0.3) is 0 Å². The zero-order chi connectivity index (χ0) is 13.9. The number of anilines is 2. The van der Waals surface area contributed by atoms with Gasteiger partial charge in [-0.15, -0.1) is 0 Å². The lowest BCUT2D eigenvalue weighted by Crippen LogP contribution is -2.36. The van der Waals surface area contributed by atoms with E-state index in [4.69, 9.17) is 5.73 Å². The maximum absolute atomic E-state index is 12.3. The highest BCUT2D eigenvalue weighted by Gasteiger charge is 2.23. The molecule has 0 bridgehead atoms. The molecular weight excluding hydrogens is 330 g/mol. The molecule has 0 aliphatic carbocycles. The maximum Gasteiger partial charge on any atom is 0.301 e. The molecule has 1 fully saturated rings. The Hall–Kier alpha value is -0.790. The molecule has 106 valence electrons. The summed E-state index contributed by atoms with van der Waals surface area (Å²) in [7, 11) is -3.51. The van der Waals surface area contributed by atoms with Crippen LogP contribution in [0.5, 0.6) is 0 Å². The van der Waals surface area contributed by atoms with Crippen LogP contribution in [0.1, 0.15) is 25.7 Å². The number of halogens is 1. The fourth-order valence-corrected chi connectivity index (χ4v) is 3.82. The summed E-state index contributed by atoms with van der Waals surface area (Å²) in [4.78, 5) is 0. The Bertz CT molecular complexity index is 540. The molecule has 0 amide bonds. The van der Waals surface area contributed by atoms with Crippen LogP contribution in [0, 0.1) is 0 Å². The Morgan fingerprint density at radius 2 is 1.79 bits per heavy atom. The van der Waals surface area contributed by atoms with Crippen LogP contribution >= 0.6 is 15.9 Å². The molecule has 1 aromatic carbocycles. The van der Waals surface area contributed by atoms with Gasteiger partial charge in [-0.3, -0.25) is 4.72 Å². The molecule has 0 unspecified atom stereocenters. The molecule has 0 spiro atoms. The van der Waals surface area contributed by atoms with Gasteiger partial charge >= 0.3 is 10.2 Å². The number of benzene rings is 1. The molecule has 3 N–H and O–H groups in total. The largest absolute Gasteiger partial charge is 0.397 e. The average molecular weight is 348 g/mol. The van der Waals surface area contributed by atoms with Crippen molar-refractivity contribution in [2.24, 2.45) is 0 Å². The standard InChI is InChI=1S/C12H18BrN3O2S/c13-10-5-6-12(11(14)9-10)15-19(17,18)16-7-3-1-2-4-8-16/h5-6,9,15H,1-4,7-8,14H2. The zero-order valence-electron chi connectivity index (χ0n) is 10.6. The van der Waals surface area contributed by atoms with E-state index in [-0.39, 0.29) is 0 Å². The van der Waals surface area contributed by atoms with E-state index in [1.165, 1.54) is 4.31 Å². The molecule has 0 aromatic heterocycles. The van der Waals surface area contributed by atoms with E-state index in [1.54, 1.807) is 18.2 Å². The molecule has 1 aliphatic heterocycles. The molecule has 2 rings (SSSR count). The average Bonchev–Trinajstić information content (AvgIpc) is 2.62. The van der Waals surface area contributed by atoms with Gasteiger partial charge in [0.2, 0.25) is 0 Å². The van der Waals surface area contributed by atoms with E-state index >= 15 is 0 Å². The lowest BCUT2D eigenvalue weighted by Gasteiger charge is -2.21. The molecule has 19 heavy (non-hydrogen) atoms. The maximum atomic E-state index is 12.3. The summed E-state index contributed by atoms with van der Waals surface area (Å²) in [5.74, 6) is 0. The predicted molar refractivity (Wildman–Crippen MR) is 81.1 cm³/mol. The van der Waals surface area contributed by atoms with E-state index in [9.17, 15) is 8.42 Å². The van der Waals surface area contributed by atoms with Crippen LogP contribution in [0.4, 0.5) is 11.4 Å². The topological polar surface area (TPSA) is 75.4 Å². The molecule has 1 aromatic rings. The van der Waals surface area contributed by atoms with E-state index in [0.717, 1.165) is 30.2 Å². The van der Waals surface area contributed by atoms with Gasteiger partial charge in [0, 0.05) is 17.6 Å². The third-order valence-corrected chi connectivity index (χ3v) is 5.17. The molecular formula is C12H18BrN3O2S. The normalized spacial score (nSPS) is 17.9. The smallest absolute Gasteiger partial charge is 0.301 e. The van der Waals surface area contributed by atoms with Crippen LogP contribution < -0.4 is 10.5 Å². The summed E-state index contributed by atoms with van der Waals surface area (Å²) in [6, 6.07) is 5.10. The Labute approximate surface area is 122 Å². The van der Waals surface area contributed by atoms with Gasteiger partial charge in [-0.25, -0.2) is 0 Å². The minimum Gasteiger partial charge on any atom is -0.397 e. The van der Waals surface area contributed by atoms with Gasteiger partial charge < -0.3 is 5.73 Å². The Morgan fingerprint density at radius 1 is 1.16 bits per heavy atom. The van der Waals surface area contributed by atoms with Crippen molar-refractivity contribution in [2.45, 2.75) is 25.7 Å². The second-order valence-corrected chi connectivity index (χ2v) is 7.24. The van der Waals surface area contributed by atoms with Crippen LogP contribution in [0.2, 0.25) is 0 Å². The van der Waals surface area contributed by atoms with Gasteiger partial charge in [0.15, 0.2) is 0 Å². The summed E-state index contributed by atoms with van der Waals surface area (Å²) in [6.07, 6.45) is 4.01. The van der Waals surface area contributed by atoms with Crippen molar-refractivity contribution in [2.75, 3.05) is 23.5 Å². The van der Waals surface area contributed by atoms with Crippen molar-refractivity contribution in [1.82, 2.24) is 4.31 Å². The summed E-state index contributed by atoms with van der Waals surface area (Å²) in [5.41, 5.74) is 6.65. The van der Waals surface area contributed by atoms with E-state index < -0.39 is 10.2 Å². The van der Waals surface area contributed by atoms with E-state index in [0.29, 0.717) is 24.5 Å². The number of nitrogens with two attached hydrogens (primary N) is 1. The summed E-state index contributed by atoms with van der Waals surface area (Å²) >= 11 is 3.30. The quantitative estimate of drug-likeness (QED) is 0.825. The van der Waals surface area contributed by atoms with Crippen LogP contribution in [0.3, 0.4) is 0 Å². The number of hydrogen-bond acceptors (Lipinski definition) is 3. The minimum absolute atomic E-state index is 0.410. The van der Waals surface area contributed by atoms with Crippen molar-refractivity contribution in [3.63, 3.8) is 0 Å². The van der Waals surface area contributed by atoms with Crippen LogP contribution in [0.15, 0.2) is 22.7 Å². The Morgan fingerprint density at radius 3 is 2.37 bits per heavy atom. The van der Waals surface area contributed by atoms with Crippen LogP contribution in [-0.2, 0) is 10.2 Å². The molecule has 0 radical (unpaired) electrons. The van der Waals surface area contributed by atoms with Gasteiger partial charge in [-0.1, -0.05) is 28.8 Å². The highest BCUT2D eigenvalue weighted by atomic mass is 79.9. The molecule has 1 saturated heterocycles. The highest BCUT2D eigenvalue weighted by Crippen LogP contribution is 2.25. The van der Waals surface area contributed by atoms with Gasteiger partial charge in [0.25, 0.3) is 0 Å². The summed E-state index contributed by atoms with van der Waals surface area (Å²) in [5, 5.41) is 0. The first-order valence-corrected chi connectivity index (χ1v) is 8.55. The SMILES string of the molecule is Nc1cc(Br)ccc1NS(=O)(=O)N1CCCCCC1. The number of nitrogens with zero attached hydrogens (tertiary/aromatic N) is 1. The van der Waals surface area contributed by atoms with Gasteiger partial charge in [-0.05, 0) is 31.0 Å². The molecule has 1 aliphatic rings. The van der Waals surface area contributed by atoms with E-state index in [2.05, 4.69) is 20.7 Å². The third kappa shape index (κ3) is 3.84. The van der Waals surface area contributed by atoms with Crippen molar-refractivity contribution < 1.29 is 8.42 Å². The first-order valence-electron chi connectivity index (χ1n) is 6.32. The lowest BCUT2D eigenvalue weighted by atomic mass is 10.2. The minimum atomic E-state index is -3.51. The second kappa shape index (κ2) is 6.11. The predicted octanol–water partition coefficient (Wildman–Crippen LogP) is 2.56. The lowest BCUT2D eigenvalue weighted by molar-refractivity contribution is 0.427. The Balaban J connectivity index is 2.15. The molecule has 0 saturated carbocycles. The van der Waals surface area contributed by atoms with Gasteiger partial charge in [0.05, 0.1) is 11.4 Å². The molecule has 1 heterocycles. The second-order valence-electron chi connectivity index (χ2n) is 4.65. The third-order valence-electron chi connectivity index (χ3n) is 3.16. The van der Waals surface area contributed by atoms with Crippen molar-refractivity contribution in [3.05, 3.63) is 22.7 Å². The van der Waals surface area contributed by atoms with Gasteiger partial charge in [-0.2, -0.15) is 12.7 Å². The van der Waals surface area contributed by atoms with Gasteiger partial charge in [0.1, 0.15) is 0 Å². The van der Waals surface area contributed by atoms with Crippen molar-refractivity contribution in [3.8, 4) is 0 Å². The highest BCUT2D eigenvalue weighted by molar-refractivity contribution is 9.10. The molecule has 5 nitrogen and oxygen atoms in total. The zero-order valence-corrected chi connectivity index (χ0v) is 13.0. The summed E-state index contributed by atoms with van der Waals surface area (Å²) in [6.45, 7) is 1.15. The molecule has 0 atom stereocenters. The monoisotopic (exact) mass is 347 g/mol. The molecule has 7 heteroatoms. The number of hydrogen-bond donors (Lipinski definition) is 2. The Kier molecular flexibility index (Phi) is 4.70. The fourth-order valence-electron chi connectivity index (χ4n) is 2.11. The number of rotatable bonds is 3. The first kappa shape index (κ1) is 14.6. The van der Waals surface area contributed by atoms with Crippen molar-refractivity contribution in [1.29, 1.82) is 0 Å². The fraction of sp³-hybridized carbons (Fsp3) is 0.500. The first-order chi connectivity index (χ1) is 8.99. The number of nitrogen functional groups attached to an aromatic ring is 1. The number of nitrogens with one attached hydrogen (secondary N) is 1. The van der Waals surface area contributed by atoms with Crippen LogP contribution in [-0.4, -0.2) is 25.8 Å².